The summed E-state index contributed by atoms with van der Waals surface area (Å²) in [6.45, 7) is 10.6. The van der Waals surface area contributed by atoms with Gasteiger partial charge in [-0.25, -0.2) is 11.6 Å². The molecule has 0 radical (unpaired) electrons. The van der Waals surface area contributed by atoms with Crippen LogP contribution in [0.1, 0.15) is 50.7 Å². The first-order valence-corrected chi connectivity index (χ1v) is 11.4. The number of carbonyl (C=O) groups excluding carboxylic acids is 1. The zero-order valence-corrected chi connectivity index (χ0v) is 19.2. The lowest BCUT2D eigenvalue weighted by Gasteiger charge is -2.33. The van der Waals surface area contributed by atoms with Gasteiger partial charge in [-0.15, -0.1) is 0 Å². The zero-order chi connectivity index (χ0) is 24.5. The highest BCUT2D eigenvalue weighted by Crippen LogP contribution is 2.40. The lowest BCUT2D eigenvalue weighted by atomic mass is 9.84. The van der Waals surface area contributed by atoms with Gasteiger partial charge < -0.3 is 20.4 Å². The smallest absolute Gasteiger partial charge is 0.338 e. The highest BCUT2D eigenvalue weighted by molar-refractivity contribution is 5.99. The molecule has 2 N–H and O–H groups in total. The van der Waals surface area contributed by atoms with Crippen LogP contribution in [0.5, 0.6) is 0 Å². The third-order valence-corrected chi connectivity index (χ3v) is 6.68. The number of aromatic nitrogens is 1. The molecule has 2 heterocycles. The molecule has 2 aliphatic rings. The zero-order valence-electron chi connectivity index (χ0n) is 19.2. The Balaban J connectivity index is 1.60. The summed E-state index contributed by atoms with van der Waals surface area (Å²) in [5.41, 5.74) is 2.35. The monoisotopic (exact) mass is 471 g/mol. The normalized spacial score (nSPS) is 20.4. The largest absolute Gasteiger partial charge is 0.401 e. The third kappa shape index (κ3) is 5.17. The number of nitrogens with one attached hydrogen (secondary N) is 2. The standard InChI is InChI=1S/C25H28F3N5O/c1-24(2,29-3)18-8-11-20-21(13-18)33(14-17-5-4-12-30-22(17)32-20)23(34)16-6-9-19(10-7-16)31-15-25(26,27)28/h4-5,8,11-13,16,19,31H,6-7,9-10,14-15H2,1-2H3,(H,30,32). The van der Waals surface area contributed by atoms with Crippen LogP contribution < -0.4 is 15.5 Å². The van der Waals surface area contributed by atoms with Crippen molar-refractivity contribution in [2.24, 2.45) is 5.92 Å². The van der Waals surface area contributed by atoms with E-state index in [2.05, 4.69) is 20.5 Å². The second-order valence-corrected chi connectivity index (χ2v) is 9.51. The number of pyridine rings is 1. The highest BCUT2D eigenvalue weighted by atomic mass is 19.4. The second kappa shape index (κ2) is 9.26. The summed E-state index contributed by atoms with van der Waals surface area (Å²) in [5, 5.41) is 5.90. The Labute approximate surface area is 197 Å². The van der Waals surface area contributed by atoms with Gasteiger partial charge in [0, 0.05) is 43.1 Å². The first-order chi connectivity index (χ1) is 16.1. The van der Waals surface area contributed by atoms with Crippen molar-refractivity contribution >= 4 is 23.1 Å². The van der Waals surface area contributed by atoms with Gasteiger partial charge in [-0.3, -0.25) is 4.79 Å². The summed E-state index contributed by atoms with van der Waals surface area (Å²) in [6, 6.07) is 9.16. The summed E-state index contributed by atoms with van der Waals surface area (Å²) in [6.07, 6.45) is -0.452. The fourth-order valence-corrected chi connectivity index (χ4v) is 4.59. The molecule has 180 valence electrons. The van der Waals surface area contributed by atoms with Crippen molar-refractivity contribution in [2.75, 3.05) is 16.8 Å². The quantitative estimate of drug-likeness (QED) is 0.575. The van der Waals surface area contributed by atoms with E-state index in [9.17, 15) is 18.0 Å². The van der Waals surface area contributed by atoms with Crippen molar-refractivity contribution in [1.29, 1.82) is 0 Å². The molecular formula is C25H28F3N5O. The molecule has 1 amide bonds. The Morgan fingerprint density at radius 2 is 1.97 bits per heavy atom. The van der Waals surface area contributed by atoms with E-state index in [1.54, 1.807) is 11.1 Å². The number of carbonyl (C=O) groups is 1. The average molecular weight is 472 g/mol. The first-order valence-electron chi connectivity index (χ1n) is 11.4. The number of alkyl halides is 3. The van der Waals surface area contributed by atoms with E-state index in [0.29, 0.717) is 43.7 Å². The fraction of sp³-hybridized carbons (Fsp3) is 0.480. The minimum absolute atomic E-state index is 0.0493. The molecule has 9 heteroatoms. The number of benzene rings is 1. The van der Waals surface area contributed by atoms with Gasteiger partial charge in [-0.1, -0.05) is 6.07 Å². The fourth-order valence-electron chi connectivity index (χ4n) is 4.59. The Morgan fingerprint density at radius 3 is 2.65 bits per heavy atom. The Hall–Kier alpha value is -3.12. The van der Waals surface area contributed by atoms with Crippen LogP contribution in [0.15, 0.2) is 36.5 Å². The molecule has 2 aromatic rings. The highest BCUT2D eigenvalue weighted by Gasteiger charge is 2.35. The molecule has 0 unspecified atom stereocenters. The predicted octanol–water partition coefficient (Wildman–Crippen LogP) is 5.54. The SMILES string of the molecule is [C-]#[N+]C(C)(C)c1ccc2c(c1)N(C(=O)C1CCC(NCC(F)(F)F)CC1)Cc1cccnc1N2. The van der Waals surface area contributed by atoms with Crippen LogP contribution >= 0.6 is 0 Å². The van der Waals surface area contributed by atoms with Crippen LogP contribution in [0.3, 0.4) is 0 Å². The molecule has 0 spiro atoms. The number of hydrogen-bond donors (Lipinski definition) is 2. The van der Waals surface area contributed by atoms with Gasteiger partial charge in [0.25, 0.3) is 5.54 Å². The maximum Gasteiger partial charge on any atom is 0.401 e. The van der Waals surface area contributed by atoms with Gasteiger partial charge >= 0.3 is 6.18 Å². The first kappa shape index (κ1) is 24.0. The van der Waals surface area contributed by atoms with Crippen LogP contribution in [-0.4, -0.2) is 29.7 Å². The molecule has 1 aromatic heterocycles. The number of fused-ring (bicyclic) bond motifs is 2. The van der Waals surface area contributed by atoms with Gasteiger partial charge in [0.1, 0.15) is 5.82 Å². The number of anilines is 3. The third-order valence-electron chi connectivity index (χ3n) is 6.68. The summed E-state index contributed by atoms with van der Waals surface area (Å²) in [4.78, 5) is 23.6. The Morgan fingerprint density at radius 1 is 1.24 bits per heavy atom. The molecule has 0 bridgehead atoms. The number of nitrogens with zero attached hydrogens (tertiary/aromatic N) is 3. The molecule has 1 saturated carbocycles. The van der Waals surface area contributed by atoms with Crippen molar-refractivity contribution in [2.45, 2.75) is 63.8 Å². The molecule has 1 aliphatic carbocycles. The van der Waals surface area contributed by atoms with E-state index in [0.717, 1.165) is 16.8 Å². The van der Waals surface area contributed by atoms with Gasteiger partial charge in [-0.05, 0) is 49.9 Å². The summed E-state index contributed by atoms with van der Waals surface area (Å²) in [5.74, 6) is 0.357. The van der Waals surface area contributed by atoms with Crippen molar-refractivity contribution in [3.05, 3.63) is 59.1 Å². The van der Waals surface area contributed by atoms with Gasteiger partial charge in [-0.2, -0.15) is 13.2 Å². The minimum atomic E-state index is -4.24. The minimum Gasteiger partial charge on any atom is -0.338 e. The van der Waals surface area contributed by atoms with Gasteiger partial charge in [0.15, 0.2) is 0 Å². The van der Waals surface area contributed by atoms with Crippen molar-refractivity contribution in [3.63, 3.8) is 0 Å². The molecule has 1 aromatic carbocycles. The van der Waals surface area contributed by atoms with Crippen molar-refractivity contribution in [1.82, 2.24) is 10.3 Å². The van der Waals surface area contributed by atoms with Crippen LogP contribution in [0.4, 0.5) is 30.4 Å². The van der Waals surface area contributed by atoms with Crippen molar-refractivity contribution < 1.29 is 18.0 Å². The van der Waals surface area contributed by atoms with Gasteiger partial charge in [0.2, 0.25) is 5.91 Å². The average Bonchev–Trinajstić information content (AvgIpc) is 2.98. The number of halogens is 3. The molecule has 0 saturated heterocycles. The lowest BCUT2D eigenvalue weighted by Crippen LogP contribution is -2.42. The summed E-state index contributed by atoms with van der Waals surface area (Å²) >= 11 is 0. The second-order valence-electron chi connectivity index (χ2n) is 9.51. The topological polar surface area (TPSA) is 61.6 Å². The number of hydrogen-bond acceptors (Lipinski definition) is 4. The molecule has 0 atom stereocenters. The molecule has 6 nitrogen and oxygen atoms in total. The van der Waals surface area contributed by atoms with E-state index >= 15 is 0 Å². The molecule has 1 fully saturated rings. The van der Waals surface area contributed by atoms with E-state index in [4.69, 9.17) is 6.57 Å². The molecule has 34 heavy (non-hydrogen) atoms. The van der Waals surface area contributed by atoms with Gasteiger partial charge in [0.05, 0.1) is 24.5 Å². The van der Waals surface area contributed by atoms with E-state index in [-0.39, 0.29) is 17.9 Å². The van der Waals surface area contributed by atoms with Crippen LogP contribution in [0, 0.1) is 12.5 Å². The van der Waals surface area contributed by atoms with Crippen LogP contribution in [0.2, 0.25) is 0 Å². The van der Waals surface area contributed by atoms with E-state index < -0.39 is 18.3 Å². The maximum absolute atomic E-state index is 13.7. The van der Waals surface area contributed by atoms with Crippen molar-refractivity contribution in [3.8, 4) is 0 Å². The molecular weight excluding hydrogens is 443 g/mol. The predicted molar refractivity (Wildman–Crippen MR) is 125 cm³/mol. The molecule has 4 rings (SSSR count). The summed E-state index contributed by atoms with van der Waals surface area (Å²) in [7, 11) is 0. The Kier molecular flexibility index (Phi) is 6.54. The number of amides is 1. The Bertz CT molecular complexity index is 1100. The number of rotatable bonds is 4. The van der Waals surface area contributed by atoms with Crippen LogP contribution in [-0.2, 0) is 16.9 Å². The van der Waals surface area contributed by atoms with E-state index in [1.165, 1.54) is 0 Å². The maximum atomic E-state index is 13.7. The van der Waals surface area contributed by atoms with Crippen LogP contribution in [0.25, 0.3) is 4.85 Å². The summed E-state index contributed by atoms with van der Waals surface area (Å²) < 4.78 is 37.6. The van der Waals surface area contributed by atoms with E-state index in [1.807, 2.05) is 44.2 Å². The molecule has 1 aliphatic heterocycles. The lowest BCUT2D eigenvalue weighted by molar-refractivity contribution is -0.128.